The van der Waals surface area contributed by atoms with Crippen molar-refractivity contribution in [3.8, 4) is 0 Å². The van der Waals surface area contributed by atoms with E-state index in [4.69, 9.17) is 4.74 Å². The van der Waals surface area contributed by atoms with E-state index in [1.54, 1.807) is 0 Å². The summed E-state index contributed by atoms with van der Waals surface area (Å²) in [5.74, 6) is 0.326. The minimum absolute atomic E-state index is 0.0669. The fourth-order valence-corrected chi connectivity index (χ4v) is 5.09. The number of hydrogen-bond acceptors (Lipinski definition) is 5. The lowest BCUT2D eigenvalue weighted by Crippen LogP contribution is -2.51. The second-order valence-electron chi connectivity index (χ2n) is 9.65. The number of imide groups is 1. The van der Waals surface area contributed by atoms with Gasteiger partial charge in [0.05, 0.1) is 19.2 Å². The molecule has 3 amide bonds. The standard InChI is InChI=1S/C22H37N3O4/c1-5-21(3,4)17-7-11-22(12-8-17)19(27)25(20(28)23-22)15-24-13-9-16(10-14-24)18(26)29-6-2/h16-17H,5-15H2,1-4H3,(H,23,28). The first-order chi connectivity index (χ1) is 13.7. The van der Waals surface area contributed by atoms with E-state index in [2.05, 4.69) is 31.0 Å². The maximum absolute atomic E-state index is 13.2. The Kier molecular flexibility index (Phi) is 6.56. The number of amides is 3. The Morgan fingerprint density at radius 2 is 1.76 bits per heavy atom. The van der Waals surface area contributed by atoms with Gasteiger partial charge in [0.1, 0.15) is 5.54 Å². The largest absolute Gasteiger partial charge is 0.466 e. The lowest BCUT2D eigenvalue weighted by Gasteiger charge is -2.42. The Balaban J connectivity index is 1.55. The molecule has 0 atom stereocenters. The SMILES string of the molecule is CCOC(=O)C1CCN(CN2C(=O)NC3(CCC(C(C)(C)CC)CC3)C2=O)CC1. The van der Waals surface area contributed by atoms with Gasteiger partial charge >= 0.3 is 12.0 Å². The Morgan fingerprint density at radius 1 is 1.14 bits per heavy atom. The van der Waals surface area contributed by atoms with Crippen LogP contribution < -0.4 is 5.32 Å². The fraction of sp³-hybridized carbons (Fsp3) is 0.864. The number of hydrogen-bond donors (Lipinski definition) is 1. The van der Waals surface area contributed by atoms with E-state index in [0.29, 0.717) is 45.1 Å². The molecule has 0 bridgehead atoms. The molecule has 2 heterocycles. The lowest BCUT2D eigenvalue weighted by molar-refractivity contribution is -0.150. The van der Waals surface area contributed by atoms with Crippen molar-refractivity contribution in [3.63, 3.8) is 0 Å². The minimum atomic E-state index is -0.708. The van der Waals surface area contributed by atoms with Gasteiger partial charge in [-0.1, -0.05) is 27.2 Å². The summed E-state index contributed by atoms with van der Waals surface area (Å²) in [7, 11) is 0. The Morgan fingerprint density at radius 3 is 2.31 bits per heavy atom. The first-order valence-electron chi connectivity index (χ1n) is 11.3. The van der Waals surface area contributed by atoms with Gasteiger partial charge in [0, 0.05) is 13.1 Å². The molecule has 3 fully saturated rings. The van der Waals surface area contributed by atoms with Crippen LogP contribution in [0.5, 0.6) is 0 Å². The second kappa shape index (κ2) is 8.62. The number of carbonyl (C=O) groups is 3. The van der Waals surface area contributed by atoms with Crippen molar-refractivity contribution in [1.82, 2.24) is 15.1 Å². The number of carbonyl (C=O) groups excluding carboxylic acids is 3. The Bertz CT molecular complexity index is 632. The predicted octanol–water partition coefficient (Wildman–Crippen LogP) is 3.14. The van der Waals surface area contributed by atoms with Gasteiger partial charge in [-0.05, 0) is 56.8 Å². The van der Waals surface area contributed by atoms with Gasteiger partial charge in [0.15, 0.2) is 0 Å². The molecule has 29 heavy (non-hydrogen) atoms. The molecule has 3 aliphatic rings. The zero-order valence-electron chi connectivity index (χ0n) is 18.5. The van der Waals surface area contributed by atoms with Crippen molar-refractivity contribution in [2.75, 3.05) is 26.4 Å². The third kappa shape index (κ3) is 4.44. The van der Waals surface area contributed by atoms with Crippen molar-refractivity contribution >= 4 is 17.9 Å². The topological polar surface area (TPSA) is 79.0 Å². The molecular weight excluding hydrogens is 370 g/mol. The van der Waals surface area contributed by atoms with Gasteiger partial charge in [0.25, 0.3) is 5.91 Å². The van der Waals surface area contributed by atoms with Crippen LogP contribution in [0.3, 0.4) is 0 Å². The van der Waals surface area contributed by atoms with Crippen molar-refractivity contribution in [2.45, 2.75) is 78.2 Å². The molecule has 7 heteroatoms. The summed E-state index contributed by atoms with van der Waals surface area (Å²) in [6, 6.07) is -0.268. The summed E-state index contributed by atoms with van der Waals surface area (Å²) in [5.41, 5.74) is -0.434. The Hall–Kier alpha value is -1.63. The quantitative estimate of drug-likeness (QED) is 0.541. The van der Waals surface area contributed by atoms with Gasteiger partial charge in [-0.15, -0.1) is 0 Å². The number of esters is 1. The van der Waals surface area contributed by atoms with E-state index in [9.17, 15) is 14.4 Å². The minimum Gasteiger partial charge on any atom is -0.466 e. The van der Waals surface area contributed by atoms with Crippen LogP contribution in [0, 0.1) is 17.3 Å². The summed E-state index contributed by atoms with van der Waals surface area (Å²) in [4.78, 5) is 41.2. The summed E-state index contributed by atoms with van der Waals surface area (Å²) >= 11 is 0. The van der Waals surface area contributed by atoms with Crippen molar-refractivity contribution in [3.05, 3.63) is 0 Å². The zero-order chi connectivity index (χ0) is 21.2. The zero-order valence-corrected chi connectivity index (χ0v) is 18.5. The maximum atomic E-state index is 13.2. The van der Waals surface area contributed by atoms with E-state index in [0.717, 1.165) is 32.1 Å². The molecule has 1 saturated carbocycles. The summed E-state index contributed by atoms with van der Waals surface area (Å²) in [6.45, 7) is 10.7. The highest BCUT2D eigenvalue weighted by molar-refractivity contribution is 6.07. The summed E-state index contributed by atoms with van der Waals surface area (Å²) in [6.07, 6.45) is 5.96. The molecule has 7 nitrogen and oxygen atoms in total. The van der Waals surface area contributed by atoms with E-state index >= 15 is 0 Å². The molecule has 2 aliphatic heterocycles. The average Bonchev–Trinajstić information content (AvgIpc) is 2.93. The molecule has 0 unspecified atom stereocenters. The number of piperidine rings is 1. The first-order valence-corrected chi connectivity index (χ1v) is 11.3. The molecule has 1 aliphatic carbocycles. The van der Waals surface area contributed by atoms with Crippen LogP contribution in [-0.2, 0) is 14.3 Å². The molecule has 0 aromatic heterocycles. The summed E-state index contributed by atoms with van der Waals surface area (Å²) in [5, 5.41) is 3.03. The van der Waals surface area contributed by atoms with Crippen LogP contribution in [-0.4, -0.2) is 59.6 Å². The van der Waals surface area contributed by atoms with Gasteiger partial charge < -0.3 is 10.1 Å². The predicted molar refractivity (Wildman–Crippen MR) is 110 cm³/mol. The molecule has 0 aromatic carbocycles. The van der Waals surface area contributed by atoms with E-state index in [-0.39, 0.29) is 29.2 Å². The Labute approximate surface area is 174 Å². The summed E-state index contributed by atoms with van der Waals surface area (Å²) < 4.78 is 5.11. The number of rotatable bonds is 6. The molecular formula is C22H37N3O4. The highest BCUT2D eigenvalue weighted by Gasteiger charge is 2.53. The van der Waals surface area contributed by atoms with Gasteiger partial charge in [-0.2, -0.15) is 0 Å². The van der Waals surface area contributed by atoms with Crippen LogP contribution in [0.25, 0.3) is 0 Å². The number of ether oxygens (including phenoxy) is 1. The van der Waals surface area contributed by atoms with Crippen LogP contribution in [0.15, 0.2) is 0 Å². The highest BCUT2D eigenvalue weighted by atomic mass is 16.5. The maximum Gasteiger partial charge on any atom is 0.326 e. The van der Waals surface area contributed by atoms with Crippen LogP contribution in [0.4, 0.5) is 4.79 Å². The lowest BCUT2D eigenvalue weighted by atomic mass is 9.65. The first kappa shape index (κ1) is 22.1. The van der Waals surface area contributed by atoms with Crippen molar-refractivity contribution < 1.29 is 19.1 Å². The molecule has 0 aromatic rings. The third-order valence-corrected chi connectivity index (χ3v) is 7.65. The number of nitrogens with zero attached hydrogens (tertiary/aromatic N) is 2. The van der Waals surface area contributed by atoms with E-state index < -0.39 is 5.54 Å². The normalized spacial score (nSPS) is 29.4. The monoisotopic (exact) mass is 407 g/mol. The van der Waals surface area contributed by atoms with Gasteiger partial charge in [-0.3, -0.25) is 14.5 Å². The smallest absolute Gasteiger partial charge is 0.326 e. The molecule has 164 valence electrons. The molecule has 1 spiro atoms. The highest BCUT2D eigenvalue weighted by Crippen LogP contribution is 2.45. The molecule has 3 rings (SSSR count). The van der Waals surface area contributed by atoms with Gasteiger partial charge in [-0.25, -0.2) is 9.69 Å². The number of urea groups is 1. The van der Waals surface area contributed by atoms with E-state index in [1.807, 2.05) is 6.92 Å². The average molecular weight is 408 g/mol. The number of nitrogens with one attached hydrogen (secondary N) is 1. The second-order valence-corrected chi connectivity index (χ2v) is 9.65. The van der Waals surface area contributed by atoms with Crippen molar-refractivity contribution in [1.29, 1.82) is 0 Å². The number of likely N-dealkylation sites (tertiary alicyclic amines) is 1. The third-order valence-electron chi connectivity index (χ3n) is 7.65. The van der Waals surface area contributed by atoms with Crippen LogP contribution in [0.2, 0.25) is 0 Å². The fourth-order valence-electron chi connectivity index (χ4n) is 5.09. The van der Waals surface area contributed by atoms with Crippen LogP contribution in [0.1, 0.15) is 72.6 Å². The van der Waals surface area contributed by atoms with E-state index in [1.165, 1.54) is 4.90 Å². The molecule has 0 radical (unpaired) electrons. The van der Waals surface area contributed by atoms with Gasteiger partial charge in [0.2, 0.25) is 0 Å². The van der Waals surface area contributed by atoms with Crippen molar-refractivity contribution in [2.24, 2.45) is 17.3 Å². The van der Waals surface area contributed by atoms with Crippen LogP contribution >= 0.6 is 0 Å². The molecule has 1 N–H and O–H groups in total. The molecule has 2 saturated heterocycles.